The van der Waals surface area contributed by atoms with Crippen LogP contribution in [0, 0.1) is 12.7 Å². The van der Waals surface area contributed by atoms with Gasteiger partial charge in [0.15, 0.2) is 16.5 Å². The lowest BCUT2D eigenvalue weighted by atomic mass is 10.3. The SMILES string of the molecule is CN[C@@H]1CCN(c2cnc(C(=O)Nc3cc(F)c4nc(C)cn4c3)s2)C1. The zero-order chi connectivity index (χ0) is 18.3. The van der Waals surface area contributed by atoms with Crippen molar-refractivity contribution in [3.05, 3.63) is 41.2 Å². The third-order valence-electron chi connectivity index (χ3n) is 4.48. The van der Waals surface area contributed by atoms with Gasteiger partial charge in [-0.1, -0.05) is 11.3 Å². The molecule has 0 spiro atoms. The van der Waals surface area contributed by atoms with Crippen LogP contribution in [-0.2, 0) is 0 Å². The molecule has 0 radical (unpaired) electrons. The molecule has 4 heterocycles. The Hall–Kier alpha value is -2.52. The van der Waals surface area contributed by atoms with Crippen LogP contribution in [0.25, 0.3) is 5.65 Å². The van der Waals surface area contributed by atoms with Crippen molar-refractivity contribution in [2.24, 2.45) is 0 Å². The van der Waals surface area contributed by atoms with Crippen LogP contribution >= 0.6 is 11.3 Å². The lowest BCUT2D eigenvalue weighted by Gasteiger charge is -2.15. The van der Waals surface area contributed by atoms with E-state index in [1.165, 1.54) is 17.4 Å². The first kappa shape index (κ1) is 16.9. The van der Waals surface area contributed by atoms with E-state index in [0.29, 0.717) is 22.4 Å². The van der Waals surface area contributed by atoms with E-state index >= 15 is 0 Å². The van der Waals surface area contributed by atoms with Gasteiger partial charge in [0.05, 0.1) is 17.6 Å². The van der Waals surface area contributed by atoms with Crippen molar-refractivity contribution in [1.82, 2.24) is 19.7 Å². The van der Waals surface area contributed by atoms with E-state index in [2.05, 4.69) is 25.5 Å². The number of pyridine rings is 1. The number of aromatic nitrogens is 3. The summed E-state index contributed by atoms with van der Waals surface area (Å²) in [7, 11) is 1.96. The molecule has 26 heavy (non-hydrogen) atoms. The Labute approximate surface area is 153 Å². The number of halogens is 1. The fraction of sp³-hybridized carbons (Fsp3) is 0.353. The van der Waals surface area contributed by atoms with Crippen LogP contribution in [0.3, 0.4) is 0 Å². The Balaban J connectivity index is 1.50. The van der Waals surface area contributed by atoms with E-state index in [1.54, 1.807) is 29.9 Å². The number of carbonyl (C=O) groups excluding carboxylic acids is 1. The highest BCUT2D eigenvalue weighted by Gasteiger charge is 2.24. The third kappa shape index (κ3) is 3.15. The number of nitrogens with one attached hydrogen (secondary N) is 2. The third-order valence-corrected chi connectivity index (χ3v) is 5.54. The van der Waals surface area contributed by atoms with Crippen molar-refractivity contribution in [3.8, 4) is 0 Å². The summed E-state index contributed by atoms with van der Waals surface area (Å²) in [4.78, 5) is 23.0. The second-order valence-electron chi connectivity index (χ2n) is 6.37. The Bertz CT molecular complexity index is 967. The molecular formula is C17H19FN6OS. The first-order chi connectivity index (χ1) is 12.5. The Morgan fingerprint density at radius 2 is 2.27 bits per heavy atom. The summed E-state index contributed by atoms with van der Waals surface area (Å²) in [6.45, 7) is 3.64. The molecule has 3 aromatic rings. The number of imidazole rings is 1. The molecule has 9 heteroatoms. The number of nitrogens with zero attached hydrogens (tertiary/aromatic N) is 4. The monoisotopic (exact) mass is 374 g/mol. The van der Waals surface area contributed by atoms with Crippen LogP contribution in [-0.4, -0.2) is 46.5 Å². The van der Waals surface area contributed by atoms with Gasteiger partial charge in [-0.25, -0.2) is 14.4 Å². The number of amides is 1. The topological polar surface area (TPSA) is 74.6 Å². The number of thiazole rings is 1. The number of fused-ring (bicyclic) bond motifs is 1. The molecule has 1 amide bonds. The number of rotatable bonds is 4. The van der Waals surface area contributed by atoms with Crippen LogP contribution in [0.1, 0.15) is 21.9 Å². The maximum absolute atomic E-state index is 14.1. The molecule has 1 fully saturated rings. The molecule has 0 bridgehead atoms. The van der Waals surface area contributed by atoms with E-state index in [1.807, 2.05) is 7.05 Å². The Kier molecular flexibility index (Phi) is 4.33. The minimum absolute atomic E-state index is 0.241. The molecule has 7 nitrogen and oxygen atoms in total. The van der Waals surface area contributed by atoms with Gasteiger partial charge in [0.2, 0.25) is 0 Å². The summed E-state index contributed by atoms with van der Waals surface area (Å²) in [6.07, 6.45) is 6.14. The van der Waals surface area contributed by atoms with Gasteiger partial charge >= 0.3 is 0 Å². The van der Waals surface area contributed by atoms with Gasteiger partial charge < -0.3 is 19.9 Å². The molecule has 0 aromatic carbocycles. The molecule has 0 aliphatic carbocycles. The van der Waals surface area contributed by atoms with Crippen LogP contribution in [0.15, 0.2) is 24.7 Å². The van der Waals surface area contributed by atoms with Crippen LogP contribution in [0.2, 0.25) is 0 Å². The van der Waals surface area contributed by atoms with E-state index in [-0.39, 0.29) is 11.6 Å². The predicted octanol–water partition coefficient (Wildman–Crippen LogP) is 2.29. The highest BCUT2D eigenvalue weighted by atomic mass is 32.1. The second kappa shape index (κ2) is 6.65. The summed E-state index contributed by atoms with van der Waals surface area (Å²) in [5, 5.41) is 7.31. The van der Waals surface area contributed by atoms with Crippen LogP contribution in [0.4, 0.5) is 15.1 Å². The summed E-state index contributed by atoms with van der Waals surface area (Å²) in [5.41, 5.74) is 1.32. The van der Waals surface area contributed by atoms with Crippen molar-refractivity contribution in [2.75, 3.05) is 30.4 Å². The van der Waals surface area contributed by atoms with Crippen molar-refractivity contribution < 1.29 is 9.18 Å². The fourth-order valence-corrected chi connectivity index (χ4v) is 3.99. The van der Waals surface area contributed by atoms with Gasteiger partial charge in [-0.3, -0.25) is 4.79 Å². The van der Waals surface area contributed by atoms with Crippen molar-refractivity contribution >= 4 is 33.6 Å². The molecule has 136 valence electrons. The van der Waals surface area contributed by atoms with E-state index in [9.17, 15) is 9.18 Å². The molecule has 2 N–H and O–H groups in total. The van der Waals surface area contributed by atoms with E-state index in [0.717, 1.165) is 24.5 Å². The van der Waals surface area contributed by atoms with Crippen molar-refractivity contribution in [2.45, 2.75) is 19.4 Å². The highest BCUT2D eigenvalue weighted by molar-refractivity contribution is 7.17. The summed E-state index contributed by atoms with van der Waals surface area (Å²) in [6, 6.07) is 1.73. The van der Waals surface area contributed by atoms with Gasteiger partial charge in [-0.05, 0) is 20.4 Å². The number of hydrogen-bond acceptors (Lipinski definition) is 6. The van der Waals surface area contributed by atoms with Crippen LogP contribution < -0.4 is 15.5 Å². The van der Waals surface area contributed by atoms with Crippen molar-refractivity contribution in [1.29, 1.82) is 0 Å². The molecule has 1 atom stereocenters. The van der Waals surface area contributed by atoms with Gasteiger partial charge in [-0.15, -0.1) is 0 Å². The molecule has 3 aromatic heterocycles. The van der Waals surface area contributed by atoms with Gasteiger partial charge in [-0.2, -0.15) is 0 Å². The van der Waals surface area contributed by atoms with Crippen molar-refractivity contribution in [3.63, 3.8) is 0 Å². The number of aryl methyl sites for hydroxylation is 1. The molecule has 4 rings (SSSR count). The normalized spacial score (nSPS) is 17.2. The highest BCUT2D eigenvalue weighted by Crippen LogP contribution is 2.27. The number of likely N-dealkylation sites (N-methyl/N-ethyl adjacent to an activating group) is 1. The molecule has 1 aliphatic heterocycles. The summed E-state index contributed by atoms with van der Waals surface area (Å²) >= 11 is 1.34. The van der Waals surface area contributed by atoms with E-state index < -0.39 is 5.82 Å². The molecule has 1 saturated heterocycles. The largest absolute Gasteiger partial charge is 0.361 e. The molecular weight excluding hydrogens is 355 g/mol. The number of hydrogen-bond donors (Lipinski definition) is 2. The van der Waals surface area contributed by atoms with Gasteiger partial charge in [0, 0.05) is 37.6 Å². The summed E-state index contributed by atoms with van der Waals surface area (Å²) in [5.74, 6) is -0.827. The average molecular weight is 374 g/mol. The number of anilines is 2. The molecule has 1 aliphatic rings. The molecule has 0 saturated carbocycles. The maximum Gasteiger partial charge on any atom is 0.284 e. The van der Waals surface area contributed by atoms with E-state index in [4.69, 9.17) is 0 Å². The zero-order valence-corrected chi connectivity index (χ0v) is 15.3. The van der Waals surface area contributed by atoms with Gasteiger partial charge in [0.1, 0.15) is 5.00 Å². The van der Waals surface area contributed by atoms with Gasteiger partial charge in [0.25, 0.3) is 5.91 Å². The zero-order valence-electron chi connectivity index (χ0n) is 14.5. The molecule has 0 unspecified atom stereocenters. The number of carbonyl (C=O) groups is 1. The lowest BCUT2D eigenvalue weighted by molar-refractivity contribution is 0.102. The quantitative estimate of drug-likeness (QED) is 0.733. The maximum atomic E-state index is 14.1. The average Bonchev–Trinajstić information content (AvgIpc) is 3.32. The second-order valence-corrected chi connectivity index (χ2v) is 7.38. The standard InChI is InChI=1S/C17H19FN6OS/c1-10-7-24-9-12(5-13(18)15(24)21-10)22-16(25)17-20-6-14(26-17)23-4-3-11(8-23)19-2/h5-7,9,11,19H,3-4,8H2,1-2H3,(H,22,25)/t11-/m1/s1. The first-order valence-electron chi connectivity index (χ1n) is 8.37. The minimum atomic E-state index is -0.481. The lowest BCUT2D eigenvalue weighted by Crippen LogP contribution is -2.29. The van der Waals surface area contributed by atoms with Crippen LogP contribution in [0.5, 0.6) is 0 Å². The first-order valence-corrected chi connectivity index (χ1v) is 9.19. The summed E-state index contributed by atoms with van der Waals surface area (Å²) < 4.78 is 15.7. The Morgan fingerprint density at radius 1 is 1.42 bits per heavy atom. The smallest absolute Gasteiger partial charge is 0.284 e. The predicted molar refractivity (Wildman–Crippen MR) is 99.6 cm³/mol. The fourth-order valence-electron chi connectivity index (χ4n) is 3.15. The minimum Gasteiger partial charge on any atom is -0.361 e. The Morgan fingerprint density at radius 3 is 3.04 bits per heavy atom.